The molecule has 0 spiro atoms. The third kappa shape index (κ3) is 1.93. The molecule has 0 saturated heterocycles. The Kier molecular flexibility index (Phi) is 3.27. The Morgan fingerprint density at radius 3 is 3.00 bits per heavy atom. The summed E-state index contributed by atoms with van der Waals surface area (Å²) in [6.07, 6.45) is 5.31. The van der Waals surface area contributed by atoms with Gasteiger partial charge in [0.25, 0.3) is 0 Å². The van der Waals surface area contributed by atoms with Crippen LogP contribution in [-0.2, 0) is 0 Å². The van der Waals surface area contributed by atoms with Crippen LogP contribution in [0.1, 0.15) is 5.56 Å². The third-order valence-corrected chi connectivity index (χ3v) is 1.76. The predicted molar refractivity (Wildman–Crippen MR) is 59.3 cm³/mol. The Bertz CT molecular complexity index is 429. The maximum absolute atomic E-state index is 8.68. The first-order chi connectivity index (χ1) is 6.40. The summed E-state index contributed by atoms with van der Waals surface area (Å²) in [5.74, 6) is 0. The minimum absolute atomic E-state index is 0. The molecule has 1 aromatic carbocycles. The highest BCUT2D eigenvalue weighted by atomic mass is 35.5. The molecule has 0 saturated carbocycles. The topological polar surface area (TPSA) is 48.2 Å². The summed E-state index contributed by atoms with van der Waals surface area (Å²) in [6, 6.07) is 7.44. The largest absolute Gasteiger partial charge is 0.360 e. The first-order valence-electron chi connectivity index (χ1n) is 3.90. The zero-order valence-electron chi connectivity index (χ0n) is 7.27. The predicted octanol–water partition coefficient (Wildman–Crippen LogP) is 2.62. The molecular weight excluding hydrogens is 198 g/mol. The van der Waals surface area contributed by atoms with Gasteiger partial charge in [0.15, 0.2) is 0 Å². The monoisotopic (exact) mass is 205 g/mol. The van der Waals surface area contributed by atoms with Gasteiger partial charge in [-0.15, -0.1) is 12.4 Å². The Labute approximate surface area is 88.2 Å². The molecular formula is C10H8ClN3. The van der Waals surface area contributed by atoms with Crippen molar-refractivity contribution in [3.8, 4) is 6.07 Å². The molecule has 1 heterocycles. The number of aliphatic imine (C=N–C) groups is 1. The van der Waals surface area contributed by atoms with Crippen molar-refractivity contribution >= 4 is 30.0 Å². The third-order valence-electron chi connectivity index (χ3n) is 1.76. The molecule has 0 unspecified atom stereocenters. The molecule has 0 aliphatic carbocycles. The van der Waals surface area contributed by atoms with Crippen molar-refractivity contribution in [2.45, 2.75) is 0 Å². The lowest BCUT2D eigenvalue weighted by Crippen LogP contribution is -1.87. The Morgan fingerprint density at radius 1 is 1.36 bits per heavy atom. The van der Waals surface area contributed by atoms with E-state index in [2.05, 4.69) is 16.4 Å². The molecule has 0 atom stereocenters. The number of nitrogens with zero attached hydrogens (tertiary/aromatic N) is 2. The molecule has 2 rings (SSSR count). The molecule has 1 aliphatic heterocycles. The van der Waals surface area contributed by atoms with Crippen LogP contribution >= 0.6 is 12.4 Å². The summed E-state index contributed by atoms with van der Waals surface area (Å²) in [7, 11) is 0. The first kappa shape index (κ1) is 10.3. The fourth-order valence-electron chi connectivity index (χ4n) is 1.14. The lowest BCUT2D eigenvalue weighted by atomic mass is 10.2. The number of benzene rings is 1. The summed E-state index contributed by atoms with van der Waals surface area (Å²) in [5.41, 5.74) is 2.35. The number of allylic oxidation sites excluding steroid dienone is 1. The molecule has 1 aliphatic rings. The van der Waals surface area contributed by atoms with Gasteiger partial charge in [0.05, 0.1) is 23.0 Å². The van der Waals surface area contributed by atoms with Crippen LogP contribution in [0.15, 0.2) is 35.5 Å². The maximum atomic E-state index is 8.68. The van der Waals surface area contributed by atoms with Gasteiger partial charge in [-0.05, 0) is 24.3 Å². The Balaban J connectivity index is 0.000000980. The molecule has 0 bridgehead atoms. The van der Waals surface area contributed by atoms with Gasteiger partial charge in [0, 0.05) is 12.4 Å². The van der Waals surface area contributed by atoms with Crippen LogP contribution in [0.4, 0.5) is 11.4 Å². The van der Waals surface area contributed by atoms with Crippen LogP contribution in [0.2, 0.25) is 0 Å². The highest BCUT2D eigenvalue weighted by Crippen LogP contribution is 2.26. The Hall–Kier alpha value is -1.79. The fourth-order valence-corrected chi connectivity index (χ4v) is 1.14. The molecule has 14 heavy (non-hydrogen) atoms. The van der Waals surface area contributed by atoms with Gasteiger partial charge >= 0.3 is 0 Å². The minimum atomic E-state index is 0. The molecule has 3 nitrogen and oxygen atoms in total. The van der Waals surface area contributed by atoms with Crippen LogP contribution in [0.25, 0.3) is 0 Å². The van der Waals surface area contributed by atoms with Crippen molar-refractivity contribution < 1.29 is 0 Å². The normalized spacial score (nSPS) is 11.6. The summed E-state index contributed by atoms with van der Waals surface area (Å²) >= 11 is 0. The van der Waals surface area contributed by atoms with Crippen LogP contribution in [0.3, 0.4) is 0 Å². The van der Waals surface area contributed by atoms with Gasteiger partial charge in [-0.1, -0.05) is 0 Å². The van der Waals surface area contributed by atoms with Gasteiger partial charge in [0.1, 0.15) is 0 Å². The number of fused-ring (bicyclic) bond motifs is 1. The lowest BCUT2D eigenvalue weighted by Gasteiger charge is -2.02. The SMILES string of the molecule is Cl.N#Cc1ccc2c(c1)NC=CC=N2. The number of nitrogens with one attached hydrogen (secondary N) is 1. The number of rotatable bonds is 0. The zero-order valence-corrected chi connectivity index (χ0v) is 8.08. The molecule has 4 heteroatoms. The molecule has 0 aromatic heterocycles. The second-order valence-corrected chi connectivity index (χ2v) is 2.63. The van der Waals surface area contributed by atoms with Crippen molar-refractivity contribution in [2.75, 3.05) is 5.32 Å². The number of halogens is 1. The molecule has 70 valence electrons. The number of nitriles is 1. The van der Waals surface area contributed by atoms with Crippen LogP contribution in [0.5, 0.6) is 0 Å². The Morgan fingerprint density at radius 2 is 2.21 bits per heavy atom. The van der Waals surface area contributed by atoms with E-state index in [-0.39, 0.29) is 12.4 Å². The van der Waals surface area contributed by atoms with Crippen molar-refractivity contribution in [2.24, 2.45) is 4.99 Å². The molecule has 0 radical (unpaired) electrons. The second-order valence-electron chi connectivity index (χ2n) is 2.63. The molecule has 1 aromatic rings. The molecule has 0 amide bonds. The summed E-state index contributed by atoms with van der Waals surface area (Å²) in [5, 5.41) is 11.7. The quantitative estimate of drug-likeness (QED) is 0.708. The van der Waals surface area contributed by atoms with E-state index in [4.69, 9.17) is 5.26 Å². The van der Waals surface area contributed by atoms with Crippen molar-refractivity contribution in [3.63, 3.8) is 0 Å². The van der Waals surface area contributed by atoms with Crippen molar-refractivity contribution in [1.29, 1.82) is 5.26 Å². The van der Waals surface area contributed by atoms with E-state index >= 15 is 0 Å². The van der Waals surface area contributed by atoms with Crippen LogP contribution < -0.4 is 5.32 Å². The molecule has 1 N–H and O–H groups in total. The standard InChI is InChI=1S/C10H7N3.ClH/c11-7-8-2-3-9-10(6-8)13-5-1-4-12-9;/h1-6,13H;1H. The van der Waals surface area contributed by atoms with Crippen molar-refractivity contribution in [1.82, 2.24) is 0 Å². The first-order valence-corrected chi connectivity index (χ1v) is 3.90. The lowest BCUT2D eigenvalue weighted by molar-refractivity contribution is 1.46. The van der Waals surface area contributed by atoms with E-state index in [1.165, 1.54) is 0 Å². The minimum Gasteiger partial charge on any atom is -0.360 e. The zero-order chi connectivity index (χ0) is 9.10. The highest BCUT2D eigenvalue weighted by Gasteiger charge is 2.01. The average molecular weight is 206 g/mol. The maximum Gasteiger partial charge on any atom is 0.0992 e. The smallest absolute Gasteiger partial charge is 0.0992 e. The van der Waals surface area contributed by atoms with E-state index in [0.717, 1.165) is 11.4 Å². The van der Waals surface area contributed by atoms with Gasteiger partial charge in [-0.2, -0.15) is 5.26 Å². The number of hydrogen-bond acceptors (Lipinski definition) is 3. The van der Waals surface area contributed by atoms with Crippen molar-refractivity contribution in [3.05, 3.63) is 36.0 Å². The molecule has 0 fully saturated rings. The van der Waals surface area contributed by atoms with E-state index in [9.17, 15) is 0 Å². The van der Waals surface area contributed by atoms with E-state index in [1.807, 2.05) is 12.1 Å². The van der Waals surface area contributed by atoms with Gasteiger partial charge in [-0.25, -0.2) is 0 Å². The van der Waals surface area contributed by atoms with Gasteiger partial charge < -0.3 is 5.32 Å². The van der Waals surface area contributed by atoms with E-state index in [0.29, 0.717) is 5.56 Å². The number of anilines is 1. The second kappa shape index (κ2) is 4.45. The summed E-state index contributed by atoms with van der Waals surface area (Å²) in [4.78, 5) is 4.18. The summed E-state index contributed by atoms with van der Waals surface area (Å²) in [6.45, 7) is 0. The summed E-state index contributed by atoms with van der Waals surface area (Å²) < 4.78 is 0. The van der Waals surface area contributed by atoms with Gasteiger partial charge in [0.2, 0.25) is 0 Å². The van der Waals surface area contributed by atoms with E-state index in [1.54, 1.807) is 24.5 Å². The van der Waals surface area contributed by atoms with Gasteiger partial charge in [-0.3, -0.25) is 4.99 Å². The highest BCUT2D eigenvalue weighted by molar-refractivity contribution is 5.85. The van der Waals surface area contributed by atoms with E-state index < -0.39 is 0 Å². The van der Waals surface area contributed by atoms with Crippen LogP contribution in [0, 0.1) is 11.3 Å². The van der Waals surface area contributed by atoms with Crippen LogP contribution in [-0.4, -0.2) is 6.21 Å². The average Bonchev–Trinajstić information content (AvgIpc) is 2.41. The number of hydrogen-bond donors (Lipinski definition) is 1. The fraction of sp³-hybridized carbons (Fsp3) is 0.